The van der Waals surface area contributed by atoms with Crippen molar-refractivity contribution < 1.29 is 27.9 Å². The number of aliphatic carboxylic acids is 1. The first-order valence-electron chi connectivity index (χ1n) is 8.63. The van der Waals surface area contributed by atoms with Crippen LogP contribution >= 0.6 is 0 Å². The highest BCUT2D eigenvalue weighted by molar-refractivity contribution is 7.89. The van der Waals surface area contributed by atoms with Gasteiger partial charge in [-0.15, -0.1) is 0 Å². The lowest BCUT2D eigenvalue weighted by Gasteiger charge is -2.32. The number of nitrogens with zero attached hydrogens (tertiary/aromatic N) is 1. The summed E-state index contributed by atoms with van der Waals surface area (Å²) < 4.78 is 32.4. The van der Waals surface area contributed by atoms with Crippen LogP contribution in [0.3, 0.4) is 0 Å². The first kappa shape index (κ1) is 17.7. The molecule has 2 unspecified atom stereocenters. The van der Waals surface area contributed by atoms with E-state index in [0.29, 0.717) is 19.3 Å². The highest BCUT2D eigenvalue weighted by Gasteiger charge is 2.58. The van der Waals surface area contributed by atoms with E-state index in [1.54, 1.807) is 0 Å². The summed E-state index contributed by atoms with van der Waals surface area (Å²) in [5, 5.41) is 8.86. The maximum absolute atomic E-state index is 13.1. The number of carbonyl (C=O) groups excluding carboxylic acids is 1. The number of methoxy groups -OCH3 is 1. The number of hydrogen-bond acceptors (Lipinski definition) is 5. The predicted octanol–water partition coefficient (Wildman–Crippen LogP) is 1.23. The molecular formula is C16H25NO6S. The molecule has 0 bridgehead atoms. The lowest BCUT2D eigenvalue weighted by Crippen LogP contribution is -2.46. The Morgan fingerprint density at radius 3 is 2.50 bits per heavy atom. The zero-order valence-electron chi connectivity index (χ0n) is 13.9. The summed E-state index contributed by atoms with van der Waals surface area (Å²) >= 11 is 0. The van der Waals surface area contributed by atoms with Crippen LogP contribution in [0.1, 0.15) is 44.9 Å². The van der Waals surface area contributed by atoms with E-state index in [1.807, 2.05) is 0 Å². The zero-order valence-corrected chi connectivity index (χ0v) is 14.8. The Hall–Kier alpha value is -1.15. The van der Waals surface area contributed by atoms with E-state index in [4.69, 9.17) is 4.74 Å². The van der Waals surface area contributed by atoms with Crippen molar-refractivity contribution in [1.29, 1.82) is 0 Å². The van der Waals surface area contributed by atoms with Crippen LogP contribution in [0.15, 0.2) is 0 Å². The number of carboxylic acids is 1. The fraction of sp³-hybridized carbons (Fsp3) is 0.875. The van der Waals surface area contributed by atoms with E-state index in [1.165, 1.54) is 11.4 Å². The Morgan fingerprint density at radius 2 is 1.88 bits per heavy atom. The van der Waals surface area contributed by atoms with E-state index in [-0.39, 0.29) is 19.0 Å². The molecule has 8 heteroatoms. The summed E-state index contributed by atoms with van der Waals surface area (Å²) in [5.41, 5.74) is -0.942. The monoisotopic (exact) mass is 359 g/mol. The Kier molecular flexibility index (Phi) is 4.63. The summed E-state index contributed by atoms with van der Waals surface area (Å²) in [6, 6.07) is 0. The van der Waals surface area contributed by atoms with Gasteiger partial charge in [0.25, 0.3) is 0 Å². The van der Waals surface area contributed by atoms with Crippen LogP contribution in [0.4, 0.5) is 0 Å². The van der Waals surface area contributed by atoms with Crippen molar-refractivity contribution in [2.24, 2.45) is 17.3 Å². The van der Waals surface area contributed by atoms with E-state index in [9.17, 15) is 23.1 Å². The Labute approximate surface area is 142 Å². The largest absolute Gasteiger partial charge is 0.481 e. The molecular weight excluding hydrogens is 334 g/mol. The molecule has 0 aromatic rings. The van der Waals surface area contributed by atoms with Crippen LogP contribution in [0.2, 0.25) is 0 Å². The molecule has 2 saturated carbocycles. The second-order valence-electron chi connectivity index (χ2n) is 7.34. The number of esters is 1. The lowest BCUT2D eigenvalue weighted by atomic mass is 9.81. The summed E-state index contributed by atoms with van der Waals surface area (Å²) in [6.07, 6.45) is 4.64. The van der Waals surface area contributed by atoms with Crippen LogP contribution in [0.5, 0.6) is 0 Å². The molecule has 0 aromatic carbocycles. The van der Waals surface area contributed by atoms with Crippen molar-refractivity contribution in [3.63, 3.8) is 0 Å². The average molecular weight is 359 g/mol. The SMILES string of the molecule is COC(=O)C1CCCCC1S(=O)(=O)N1C[C@@H]2CCC[C@@]2(C(=O)O)C1. The van der Waals surface area contributed by atoms with E-state index in [2.05, 4.69) is 0 Å². The van der Waals surface area contributed by atoms with Gasteiger partial charge < -0.3 is 9.84 Å². The molecule has 24 heavy (non-hydrogen) atoms. The van der Waals surface area contributed by atoms with Crippen molar-refractivity contribution in [1.82, 2.24) is 4.31 Å². The average Bonchev–Trinajstić information content (AvgIpc) is 3.12. The van der Waals surface area contributed by atoms with E-state index >= 15 is 0 Å². The molecule has 7 nitrogen and oxygen atoms in total. The van der Waals surface area contributed by atoms with Gasteiger partial charge in [0, 0.05) is 13.1 Å². The third-order valence-electron chi connectivity index (χ3n) is 6.21. The molecule has 1 saturated heterocycles. The first-order valence-corrected chi connectivity index (χ1v) is 10.1. The molecule has 0 spiro atoms. The van der Waals surface area contributed by atoms with Crippen molar-refractivity contribution in [3.05, 3.63) is 0 Å². The van der Waals surface area contributed by atoms with Crippen molar-refractivity contribution in [2.75, 3.05) is 20.2 Å². The van der Waals surface area contributed by atoms with Gasteiger partial charge in [0.2, 0.25) is 10.0 Å². The minimum atomic E-state index is -3.71. The molecule has 0 radical (unpaired) electrons. The summed E-state index contributed by atoms with van der Waals surface area (Å²) in [6.45, 7) is 0.304. The van der Waals surface area contributed by atoms with Crippen LogP contribution in [0, 0.1) is 17.3 Å². The van der Waals surface area contributed by atoms with Gasteiger partial charge in [-0.3, -0.25) is 9.59 Å². The molecule has 0 amide bonds. The molecule has 3 fully saturated rings. The highest BCUT2D eigenvalue weighted by Crippen LogP contribution is 2.50. The predicted molar refractivity (Wildman–Crippen MR) is 85.7 cm³/mol. The van der Waals surface area contributed by atoms with Crippen LogP contribution < -0.4 is 0 Å². The van der Waals surface area contributed by atoms with Gasteiger partial charge in [-0.1, -0.05) is 19.3 Å². The topological polar surface area (TPSA) is 101 Å². The Balaban J connectivity index is 1.85. The molecule has 1 N–H and O–H groups in total. The smallest absolute Gasteiger partial charge is 0.311 e. The molecule has 1 aliphatic heterocycles. The standard InChI is InChI=1S/C16H25NO6S/c1-23-14(18)12-6-2-3-7-13(12)24(21,22)17-9-11-5-4-8-16(11,10-17)15(19)20/h11-13H,2-10H2,1H3,(H,19,20)/t11-,12?,13?,16+/m0/s1. The lowest BCUT2D eigenvalue weighted by molar-refractivity contribution is -0.149. The molecule has 3 rings (SSSR count). The molecule has 0 aromatic heterocycles. The van der Waals surface area contributed by atoms with Gasteiger partial charge in [-0.25, -0.2) is 12.7 Å². The Bertz CT molecular complexity index is 632. The molecule has 4 atom stereocenters. The van der Waals surface area contributed by atoms with Crippen molar-refractivity contribution in [3.8, 4) is 0 Å². The third-order valence-corrected chi connectivity index (χ3v) is 8.54. The maximum atomic E-state index is 13.1. The minimum absolute atomic E-state index is 0.0414. The maximum Gasteiger partial charge on any atom is 0.311 e. The van der Waals surface area contributed by atoms with Crippen molar-refractivity contribution >= 4 is 22.0 Å². The highest BCUT2D eigenvalue weighted by atomic mass is 32.2. The number of carboxylic acid groups (broad SMARTS) is 1. The Morgan fingerprint density at radius 1 is 1.17 bits per heavy atom. The second-order valence-corrected chi connectivity index (χ2v) is 9.49. The number of sulfonamides is 1. The van der Waals surface area contributed by atoms with Gasteiger partial charge >= 0.3 is 11.9 Å². The van der Waals surface area contributed by atoms with Gasteiger partial charge in [0.1, 0.15) is 0 Å². The summed E-state index contributed by atoms with van der Waals surface area (Å²) in [7, 11) is -2.43. The fourth-order valence-electron chi connectivity index (χ4n) is 4.85. The fourth-order valence-corrected chi connectivity index (χ4v) is 7.16. The normalized spacial score (nSPS) is 37.1. The second kappa shape index (κ2) is 6.29. The van der Waals surface area contributed by atoms with Gasteiger partial charge in [0.15, 0.2) is 0 Å². The number of rotatable bonds is 4. The number of carbonyl (C=O) groups is 2. The quantitative estimate of drug-likeness (QED) is 0.758. The third kappa shape index (κ3) is 2.63. The van der Waals surface area contributed by atoms with Gasteiger partial charge in [-0.2, -0.15) is 0 Å². The molecule has 1 heterocycles. The van der Waals surface area contributed by atoms with Gasteiger partial charge in [0.05, 0.1) is 23.7 Å². The molecule has 3 aliphatic rings. The molecule has 136 valence electrons. The van der Waals surface area contributed by atoms with Crippen LogP contribution in [-0.2, 0) is 24.3 Å². The number of fused-ring (bicyclic) bond motifs is 1. The number of hydrogen-bond donors (Lipinski definition) is 1. The number of ether oxygens (including phenoxy) is 1. The van der Waals surface area contributed by atoms with E-state index in [0.717, 1.165) is 25.7 Å². The summed E-state index contributed by atoms with van der Waals surface area (Å²) in [5.74, 6) is -2.13. The molecule has 2 aliphatic carbocycles. The van der Waals surface area contributed by atoms with Gasteiger partial charge in [-0.05, 0) is 31.6 Å². The van der Waals surface area contributed by atoms with Crippen LogP contribution in [0.25, 0.3) is 0 Å². The minimum Gasteiger partial charge on any atom is -0.481 e. The first-order chi connectivity index (χ1) is 11.3. The van der Waals surface area contributed by atoms with Crippen molar-refractivity contribution in [2.45, 2.75) is 50.2 Å². The zero-order chi connectivity index (χ0) is 17.5. The van der Waals surface area contributed by atoms with Crippen LogP contribution in [-0.4, -0.2) is 55.2 Å². The summed E-state index contributed by atoms with van der Waals surface area (Å²) in [4.78, 5) is 23.8. The van der Waals surface area contributed by atoms with E-state index < -0.39 is 38.5 Å².